The average Bonchev–Trinajstić information content (AvgIpc) is 2.29. The number of aliphatic hydroxyl groups is 1. The van der Waals surface area contributed by atoms with Crippen LogP contribution in [-0.2, 0) is 0 Å². The predicted molar refractivity (Wildman–Crippen MR) is 61.2 cm³/mol. The summed E-state index contributed by atoms with van der Waals surface area (Å²) in [6.45, 7) is 3.78. The van der Waals surface area contributed by atoms with Crippen molar-refractivity contribution in [3.8, 4) is 5.75 Å². The molecule has 0 saturated heterocycles. The van der Waals surface area contributed by atoms with Crippen LogP contribution in [0.3, 0.4) is 0 Å². The lowest BCUT2D eigenvalue weighted by atomic mass is 10.0. The van der Waals surface area contributed by atoms with E-state index in [0.29, 0.717) is 11.3 Å². The monoisotopic (exact) mass is 227 g/mol. The van der Waals surface area contributed by atoms with Crippen molar-refractivity contribution in [3.63, 3.8) is 0 Å². The van der Waals surface area contributed by atoms with Gasteiger partial charge >= 0.3 is 0 Å². The lowest BCUT2D eigenvalue weighted by Crippen LogP contribution is -2.15. The molecule has 0 bridgehead atoms. The van der Waals surface area contributed by atoms with Crippen LogP contribution >= 0.6 is 0 Å². The summed E-state index contributed by atoms with van der Waals surface area (Å²) in [7, 11) is 1.80. The molecular weight excluding hydrogens is 209 g/mol. The van der Waals surface area contributed by atoms with E-state index in [1.54, 1.807) is 20.0 Å². The minimum absolute atomic E-state index is 0.00351. The first-order valence-corrected chi connectivity index (χ1v) is 5.31. The Morgan fingerprint density at radius 3 is 2.75 bits per heavy atom. The average molecular weight is 227 g/mol. The number of hydrogen-bond donors (Lipinski definition) is 2. The molecule has 0 spiro atoms. The van der Waals surface area contributed by atoms with Crippen molar-refractivity contribution in [2.24, 2.45) is 0 Å². The van der Waals surface area contributed by atoms with Crippen LogP contribution in [0, 0.1) is 12.7 Å². The fraction of sp³-hybridized carbons (Fsp3) is 0.500. The Morgan fingerprint density at radius 1 is 1.50 bits per heavy atom. The van der Waals surface area contributed by atoms with Gasteiger partial charge in [-0.05, 0) is 38.6 Å². The second-order valence-electron chi connectivity index (χ2n) is 3.72. The molecule has 0 aliphatic rings. The summed E-state index contributed by atoms with van der Waals surface area (Å²) in [5, 5.41) is 11.8. The number of rotatable bonds is 5. The van der Waals surface area contributed by atoms with Gasteiger partial charge in [0.05, 0.1) is 6.61 Å². The number of benzene rings is 1. The molecule has 1 aromatic carbocycles. The van der Waals surface area contributed by atoms with Crippen LogP contribution in [-0.4, -0.2) is 25.4 Å². The van der Waals surface area contributed by atoms with E-state index >= 15 is 0 Å². The zero-order valence-corrected chi connectivity index (χ0v) is 9.88. The molecule has 16 heavy (non-hydrogen) atoms. The van der Waals surface area contributed by atoms with Gasteiger partial charge in [0, 0.05) is 11.6 Å². The molecule has 0 fully saturated rings. The molecular formula is C12H18FNO2. The van der Waals surface area contributed by atoms with E-state index < -0.39 is 0 Å². The Kier molecular flexibility index (Phi) is 4.71. The molecule has 0 radical (unpaired) electrons. The lowest BCUT2D eigenvalue weighted by molar-refractivity contribution is 0.199. The van der Waals surface area contributed by atoms with Gasteiger partial charge in [-0.2, -0.15) is 0 Å². The van der Waals surface area contributed by atoms with Crippen molar-refractivity contribution in [2.75, 3.05) is 20.3 Å². The van der Waals surface area contributed by atoms with Crippen LogP contribution in [0.5, 0.6) is 5.75 Å². The third-order valence-electron chi connectivity index (χ3n) is 2.54. The molecule has 2 N–H and O–H groups in total. The third-order valence-corrected chi connectivity index (χ3v) is 2.54. The molecule has 1 atom stereocenters. The second-order valence-corrected chi connectivity index (χ2v) is 3.72. The van der Waals surface area contributed by atoms with Gasteiger partial charge < -0.3 is 15.2 Å². The van der Waals surface area contributed by atoms with Crippen molar-refractivity contribution in [2.45, 2.75) is 19.9 Å². The predicted octanol–water partition coefficient (Wildman–Crippen LogP) is 1.79. The number of aliphatic hydroxyl groups excluding tert-OH is 1. The standard InChI is InChI=1S/C12H18FNO2/c1-8-6-12(16-5-4-15)10(7-11(8)13)9(2)14-3/h6-7,9,14-15H,4-5H2,1-3H3. The summed E-state index contributed by atoms with van der Waals surface area (Å²) in [6.07, 6.45) is 0. The van der Waals surface area contributed by atoms with Gasteiger partial charge in [-0.1, -0.05) is 0 Å². The molecule has 0 saturated carbocycles. The zero-order valence-electron chi connectivity index (χ0n) is 9.88. The van der Waals surface area contributed by atoms with Crippen molar-refractivity contribution < 1.29 is 14.2 Å². The van der Waals surface area contributed by atoms with Crippen LogP contribution in [0.4, 0.5) is 4.39 Å². The fourth-order valence-electron chi connectivity index (χ4n) is 1.44. The normalized spacial score (nSPS) is 12.6. The molecule has 3 nitrogen and oxygen atoms in total. The van der Waals surface area contributed by atoms with Crippen molar-refractivity contribution in [1.82, 2.24) is 5.32 Å². The molecule has 0 aliphatic heterocycles. The van der Waals surface area contributed by atoms with E-state index in [0.717, 1.165) is 5.56 Å². The van der Waals surface area contributed by atoms with E-state index in [-0.39, 0.29) is 25.1 Å². The van der Waals surface area contributed by atoms with Gasteiger partial charge in [0.2, 0.25) is 0 Å². The summed E-state index contributed by atoms with van der Waals surface area (Å²) in [5.41, 5.74) is 1.30. The van der Waals surface area contributed by atoms with Gasteiger partial charge in [-0.3, -0.25) is 0 Å². The summed E-state index contributed by atoms with van der Waals surface area (Å²) in [5.74, 6) is 0.378. The number of aryl methyl sites for hydroxylation is 1. The number of nitrogens with one attached hydrogen (secondary N) is 1. The molecule has 1 unspecified atom stereocenters. The zero-order chi connectivity index (χ0) is 12.1. The quantitative estimate of drug-likeness (QED) is 0.805. The maximum absolute atomic E-state index is 13.4. The smallest absolute Gasteiger partial charge is 0.126 e. The highest BCUT2D eigenvalue weighted by atomic mass is 19.1. The maximum Gasteiger partial charge on any atom is 0.126 e. The SMILES string of the molecule is CNC(C)c1cc(F)c(C)cc1OCCO. The van der Waals surface area contributed by atoms with Crippen molar-refractivity contribution >= 4 is 0 Å². The Balaban J connectivity index is 3.06. The van der Waals surface area contributed by atoms with E-state index in [4.69, 9.17) is 9.84 Å². The van der Waals surface area contributed by atoms with Crippen LogP contribution < -0.4 is 10.1 Å². The molecule has 0 aliphatic carbocycles. The molecule has 4 heteroatoms. The number of hydrogen-bond acceptors (Lipinski definition) is 3. The minimum atomic E-state index is -0.242. The second kappa shape index (κ2) is 5.82. The van der Waals surface area contributed by atoms with Crippen molar-refractivity contribution in [3.05, 3.63) is 29.1 Å². The highest BCUT2D eigenvalue weighted by molar-refractivity contribution is 5.40. The Labute approximate surface area is 95.2 Å². The summed E-state index contributed by atoms with van der Waals surface area (Å²) >= 11 is 0. The van der Waals surface area contributed by atoms with Crippen LogP contribution in [0.25, 0.3) is 0 Å². The van der Waals surface area contributed by atoms with Gasteiger partial charge in [0.15, 0.2) is 0 Å². The minimum Gasteiger partial charge on any atom is -0.491 e. The fourth-order valence-corrected chi connectivity index (χ4v) is 1.44. The highest BCUT2D eigenvalue weighted by Crippen LogP contribution is 2.28. The highest BCUT2D eigenvalue weighted by Gasteiger charge is 2.13. The molecule has 0 heterocycles. The van der Waals surface area contributed by atoms with Crippen molar-refractivity contribution in [1.29, 1.82) is 0 Å². The molecule has 0 amide bonds. The van der Waals surface area contributed by atoms with Gasteiger partial charge in [0.1, 0.15) is 18.2 Å². The first-order valence-electron chi connectivity index (χ1n) is 5.31. The summed E-state index contributed by atoms with van der Waals surface area (Å²) < 4.78 is 18.8. The molecule has 1 rings (SSSR count). The first-order chi connectivity index (χ1) is 7.60. The van der Waals surface area contributed by atoms with E-state index in [1.807, 2.05) is 6.92 Å². The Bertz CT molecular complexity index is 355. The molecule has 90 valence electrons. The molecule has 0 aromatic heterocycles. The van der Waals surface area contributed by atoms with Crippen LogP contribution in [0.1, 0.15) is 24.1 Å². The summed E-state index contributed by atoms with van der Waals surface area (Å²) in [4.78, 5) is 0. The Hall–Kier alpha value is -1.13. The number of halogens is 1. The van der Waals surface area contributed by atoms with Gasteiger partial charge in [0.25, 0.3) is 0 Å². The number of ether oxygens (including phenoxy) is 1. The maximum atomic E-state index is 13.4. The largest absolute Gasteiger partial charge is 0.491 e. The van der Waals surface area contributed by atoms with E-state index in [1.165, 1.54) is 6.07 Å². The van der Waals surface area contributed by atoms with Gasteiger partial charge in [-0.25, -0.2) is 4.39 Å². The summed E-state index contributed by atoms with van der Waals surface area (Å²) in [6, 6.07) is 3.14. The van der Waals surface area contributed by atoms with E-state index in [2.05, 4.69) is 5.32 Å². The third kappa shape index (κ3) is 2.93. The topological polar surface area (TPSA) is 41.5 Å². The molecule has 1 aromatic rings. The van der Waals surface area contributed by atoms with Crippen LogP contribution in [0.15, 0.2) is 12.1 Å². The Morgan fingerprint density at radius 2 is 2.19 bits per heavy atom. The first kappa shape index (κ1) is 12.9. The van der Waals surface area contributed by atoms with E-state index in [9.17, 15) is 4.39 Å². The lowest BCUT2D eigenvalue weighted by Gasteiger charge is -2.17. The van der Waals surface area contributed by atoms with Crippen LogP contribution in [0.2, 0.25) is 0 Å². The van der Waals surface area contributed by atoms with Gasteiger partial charge in [-0.15, -0.1) is 0 Å².